The van der Waals surface area contributed by atoms with Crippen LogP contribution in [0.2, 0.25) is 0 Å². The third kappa shape index (κ3) is 6.71. The smallest absolute Gasteiger partial charge is 0.227 e. The van der Waals surface area contributed by atoms with Gasteiger partial charge in [0.15, 0.2) is 5.96 Å². The van der Waals surface area contributed by atoms with Crippen LogP contribution in [0.5, 0.6) is 0 Å². The molecule has 29 heavy (non-hydrogen) atoms. The zero-order valence-electron chi connectivity index (χ0n) is 17.0. The Balaban J connectivity index is 0.00000300. The predicted octanol–water partition coefficient (Wildman–Crippen LogP) is 3.44. The van der Waals surface area contributed by atoms with Crippen molar-refractivity contribution in [2.24, 2.45) is 4.99 Å². The zero-order valence-corrected chi connectivity index (χ0v) is 19.3. The van der Waals surface area contributed by atoms with Gasteiger partial charge in [0.1, 0.15) is 0 Å². The Bertz CT molecular complexity index is 807. The molecule has 1 fully saturated rings. The highest BCUT2D eigenvalue weighted by molar-refractivity contribution is 14.0. The highest BCUT2D eigenvalue weighted by Crippen LogP contribution is 2.21. The quantitative estimate of drug-likeness (QED) is 0.342. The van der Waals surface area contributed by atoms with Crippen LogP contribution < -0.4 is 15.5 Å². The molecule has 1 aliphatic rings. The number of benzene rings is 2. The maximum Gasteiger partial charge on any atom is 0.227 e. The number of aliphatic imine (C=N–C) groups is 1. The number of anilines is 1. The Hall–Kier alpha value is -2.13. The Morgan fingerprint density at radius 3 is 2.03 bits per heavy atom. The highest BCUT2D eigenvalue weighted by Gasteiger charge is 2.21. The molecule has 2 aromatic carbocycles. The highest BCUT2D eigenvalue weighted by atomic mass is 127. The molecule has 0 unspecified atom stereocenters. The number of ether oxygens (including phenoxy) is 1. The van der Waals surface area contributed by atoms with Gasteiger partial charge in [-0.15, -0.1) is 24.0 Å². The molecule has 1 aliphatic heterocycles. The van der Waals surface area contributed by atoms with Crippen molar-refractivity contribution in [3.8, 4) is 0 Å². The summed E-state index contributed by atoms with van der Waals surface area (Å²) in [5.41, 5.74) is 4.46. The van der Waals surface area contributed by atoms with E-state index in [-0.39, 0.29) is 29.9 Å². The molecule has 6 nitrogen and oxygen atoms in total. The Kier molecular flexibility index (Phi) is 9.40. The molecule has 0 aliphatic carbocycles. The number of amides is 1. The average molecular weight is 508 g/mol. The van der Waals surface area contributed by atoms with Gasteiger partial charge < -0.3 is 20.3 Å². The normalized spacial score (nSPS) is 13.9. The molecule has 0 spiro atoms. The Labute approximate surface area is 189 Å². The van der Waals surface area contributed by atoms with E-state index in [9.17, 15) is 4.79 Å². The second kappa shape index (κ2) is 11.8. The number of rotatable bonds is 7. The SMILES string of the molecule is CN=C(NCc1ccc(COC)cc1)NCc1ccc(N2CCCC2=O)cc1.I. The lowest BCUT2D eigenvalue weighted by atomic mass is 10.1. The molecule has 156 valence electrons. The largest absolute Gasteiger partial charge is 0.380 e. The predicted molar refractivity (Wildman–Crippen MR) is 128 cm³/mol. The first-order valence-electron chi connectivity index (χ1n) is 9.60. The van der Waals surface area contributed by atoms with Gasteiger partial charge in [0.25, 0.3) is 0 Å². The zero-order chi connectivity index (χ0) is 19.8. The first-order valence-corrected chi connectivity index (χ1v) is 9.60. The van der Waals surface area contributed by atoms with E-state index in [2.05, 4.69) is 52.0 Å². The fourth-order valence-electron chi connectivity index (χ4n) is 3.23. The fourth-order valence-corrected chi connectivity index (χ4v) is 3.23. The van der Waals surface area contributed by atoms with Crippen molar-refractivity contribution in [2.45, 2.75) is 32.5 Å². The lowest BCUT2D eigenvalue weighted by Gasteiger charge is -2.16. The van der Waals surface area contributed by atoms with Crippen molar-refractivity contribution in [1.82, 2.24) is 10.6 Å². The number of methoxy groups -OCH3 is 1. The third-order valence-corrected chi connectivity index (χ3v) is 4.80. The maximum atomic E-state index is 11.8. The number of carbonyl (C=O) groups is 1. The summed E-state index contributed by atoms with van der Waals surface area (Å²) in [5.74, 6) is 0.963. The molecule has 0 radical (unpaired) electrons. The minimum Gasteiger partial charge on any atom is -0.380 e. The van der Waals surface area contributed by atoms with E-state index in [1.807, 2.05) is 17.0 Å². The maximum absolute atomic E-state index is 11.8. The number of nitrogens with one attached hydrogen (secondary N) is 2. The van der Waals surface area contributed by atoms with Crippen molar-refractivity contribution in [3.05, 3.63) is 65.2 Å². The van der Waals surface area contributed by atoms with Crippen LogP contribution in [0.1, 0.15) is 29.5 Å². The minimum absolute atomic E-state index is 0. The fraction of sp³-hybridized carbons (Fsp3) is 0.364. The third-order valence-electron chi connectivity index (χ3n) is 4.80. The summed E-state index contributed by atoms with van der Waals surface area (Å²) in [7, 11) is 3.46. The van der Waals surface area contributed by atoms with Crippen LogP contribution in [-0.2, 0) is 29.2 Å². The van der Waals surface area contributed by atoms with Crippen molar-refractivity contribution in [3.63, 3.8) is 0 Å². The van der Waals surface area contributed by atoms with E-state index in [1.54, 1.807) is 14.2 Å². The second-order valence-corrected chi connectivity index (χ2v) is 6.84. The summed E-state index contributed by atoms with van der Waals surface area (Å²) >= 11 is 0. The second-order valence-electron chi connectivity index (χ2n) is 6.84. The van der Waals surface area contributed by atoms with Gasteiger partial charge in [0, 0.05) is 45.9 Å². The van der Waals surface area contributed by atoms with Gasteiger partial charge in [-0.05, 0) is 35.2 Å². The lowest BCUT2D eigenvalue weighted by molar-refractivity contribution is -0.117. The first-order chi connectivity index (χ1) is 13.7. The summed E-state index contributed by atoms with van der Waals surface area (Å²) < 4.78 is 5.13. The monoisotopic (exact) mass is 508 g/mol. The van der Waals surface area contributed by atoms with Gasteiger partial charge >= 0.3 is 0 Å². The van der Waals surface area contributed by atoms with Crippen LogP contribution in [0.25, 0.3) is 0 Å². The molecular formula is C22H29IN4O2. The van der Waals surface area contributed by atoms with Crippen LogP contribution in [0.15, 0.2) is 53.5 Å². The van der Waals surface area contributed by atoms with Gasteiger partial charge in [0.2, 0.25) is 5.91 Å². The van der Waals surface area contributed by atoms with E-state index in [0.717, 1.165) is 35.7 Å². The molecule has 2 N–H and O–H groups in total. The van der Waals surface area contributed by atoms with Gasteiger partial charge in [0.05, 0.1) is 6.61 Å². The average Bonchev–Trinajstić information content (AvgIpc) is 3.16. The standard InChI is InChI=1S/C22H28N4O2.HI/c1-23-22(24-14-17-5-7-19(8-6-17)16-28-2)25-15-18-9-11-20(12-10-18)26-13-3-4-21(26)27;/h5-12H,3-4,13-16H2,1-2H3,(H2,23,24,25);1H. The van der Waals surface area contributed by atoms with Crippen LogP contribution in [0.4, 0.5) is 5.69 Å². The number of guanidine groups is 1. The number of nitrogens with zero attached hydrogens (tertiary/aromatic N) is 2. The molecular weight excluding hydrogens is 479 g/mol. The number of hydrogen-bond acceptors (Lipinski definition) is 3. The topological polar surface area (TPSA) is 66.0 Å². The van der Waals surface area contributed by atoms with Crippen molar-refractivity contribution >= 4 is 41.5 Å². The summed E-state index contributed by atoms with van der Waals surface area (Å²) in [5, 5.41) is 6.65. The summed E-state index contributed by atoms with van der Waals surface area (Å²) in [6.07, 6.45) is 1.60. The van der Waals surface area contributed by atoms with Crippen molar-refractivity contribution in [2.75, 3.05) is 25.6 Å². The molecule has 3 rings (SSSR count). The molecule has 2 aromatic rings. The molecule has 1 amide bonds. The molecule has 1 saturated heterocycles. The lowest BCUT2D eigenvalue weighted by Crippen LogP contribution is -2.36. The van der Waals surface area contributed by atoms with Crippen LogP contribution >= 0.6 is 24.0 Å². The van der Waals surface area contributed by atoms with E-state index in [4.69, 9.17) is 4.74 Å². The van der Waals surface area contributed by atoms with Crippen LogP contribution in [0.3, 0.4) is 0 Å². The van der Waals surface area contributed by atoms with E-state index >= 15 is 0 Å². The number of hydrogen-bond donors (Lipinski definition) is 2. The summed E-state index contributed by atoms with van der Waals surface area (Å²) in [4.78, 5) is 18.0. The molecule has 1 heterocycles. The van der Waals surface area contributed by atoms with Crippen molar-refractivity contribution in [1.29, 1.82) is 0 Å². The van der Waals surface area contributed by atoms with Crippen molar-refractivity contribution < 1.29 is 9.53 Å². The molecule has 0 saturated carbocycles. The van der Waals surface area contributed by atoms with Crippen LogP contribution in [-0.4, -0.2) is 32.6 Å². The van der Waals surface area contributed by atoms with Gasteiger partial charge in [-0.1, -0.05) is 36.4 Å². The minimum atomic E-state index is 0. The summed E-state index contributed by atoms with van der Waals surface area (Å²) in [6, 6.07) is 16.5. The van der Waals surface area contributed by atoms with E-state index < -0.39 is 0 Å². The van der Waals surface area contributed by atoms with Crippen LogP contribution in [0, 0.1) is 0 Å². The molecule has 0 atom stereocenters. The van der Waals surface area contributed by atoms with Gasteiger partial charge in [-0.3, -0.25) is 9.79 Å². The Morgan fingerprint density at radius 1 is 1.00 bits per heavy atom. The first kappa shape index (κ1) is 23.2. The molecule has 0 bridgehead atoms. The van der Waals surface area contributed by atoms with Gasteiger partial charge in [-0.25, -0.2) is 0 Å². The van der Waals surface area contributed by atoms with E-state index in [0.29, 0.717) is 26.1 Å². The number of carbonyl (C=O) groups excluding carboxylic acids is 1. The molecule has 7 heteroatoms. The van der Waals surface area contributed by atoms with E-state index in [1.165, 1.54) is 5.56 Å². The summed E-state index contributed by atoms with van der Waals surface area (Å²) in [6.45, 7) is 2.81. The Morgan fingerprint density at radius 2 is 1.55 bits per heavy atom. The molecule has 0 aromatic heterocycles. The van der Waals surface area contributed by atoms with Gasteiger partial charge in [-0.2, -0.15) is 0 Å². The number of halogens is 1.